The highest BCUT2D eigenvalue weighted by molar-refractivity contribution is 9.10. The molecule has 0 aliphatic rings. The molecule has 2 aromatic carbocycles. The Hall–Kier alpha value is -1.88. The van der Waals surface area contributed by atoms with Gasteiger partial charge in [-0.15, -0.1) is 0 Å². The molecule has 0 radical (unpaired) electrons. The molecule has 0 heterocycles. The van der Waals surface area contributed by atoms with Crippen molar-refractivity contribution in [3.8, 4) is 5.75 Å². The topological polar surface area (TPSA) is 41.8 Å². The molecule has 0 saturated heterocycles. The molecule has 0 aliphatic heterocycles. The molecular weight excluding hydrogens is 337 g/mol. The number of hydrogen-bond acceptors (Lipinski definition) is 3. The van der Waals surface area contributed by atoms with E-state index >= 15 is 0 Å². The number of nitrogens with zero attached hydrogens (tertiary/aromatic N) is 1. The summed E-state index contributed by atoms with van der Waals surface area (Å²) in [6.45, 7) is 2.26. The first-order chi connectivity index (χ1) is 10.1. The molecule has 0 saturated carbocycles. The molecule has 21 heavy (non-hydrogen) atoms. The number of rotatable bonds is 5. The van der Waals surface area contributed by atoms with E-state index in [-0.39, 0.29) is 5.82 Å². The van der Waals surface area contributed by atoms with Crippen molar-refractivity contribution in [2.45, 2.75) is 20.0 Å². The first-order valence-corrected chi connectivity index (χ1v) is 7.31. The Labute approximate surface area is 131 Å². The summed E-state index contributed by atoms with van der Waals surface area (Å²) in [5, 5.41) is 12.1. The molecule has 2 rings (SSSR count). The van der Waals surface area contributed by atoms with Crippen LogP contribution in [0.3, 0.4) is 0 Å². The molecule has 0 unspecified atom stereocenters. The van der Waals surface area contributed by atoms with Crippen LogP contribution in [0.5, 0.6) is 5.75 Å². The summed E-state index contributed by atoms with van der Waals surface area (Å²) in [5.74, 6) is 0.411. The predicted octanol–water partition coefficient (Wildman–Crippen LogP) is 4.76. The highest BCUT2D eigenvalue weighted by atomic mass is 79.9. The molecule has 0 aliphatic carbocycles. The van der Waals surface area contributed by atoms with Crippen molar-refractivity contribution < 1.29 is 14.3 Å². The van der Waals surface area contributed by atoms with Gasteiger partial charge in [-0.3, -0.25) is 0 Å². The van der Waals surface area contributed by atoms with Crippen molar-refractivity contribution in [3.63, 3.8) is 0 Å². The van der Waals surface area contributed by atoms with Gasteiger partial charge in [0.15, 0.2) is 0 Å². The molecule has 0 atom stereocenters. The quantitative estimate of drug-likeness (QED) is 0.479. The van der Waals surface area contributed by atoms with Gasteiger partial charge in [0.1, 0.15) is 18.2 Å². The van der Waals surface area contributed by atoms with E-state index in [2.05, 4.69) is 21.1 Å². The summed E-state index contributed by atoms with van der Waals surface area (Å²) < 4.78 is 19.3. The van der Waals surface area contributed by atoms with E-state index in [0.29, 0.717) is 29.0 Å². The molecule has 0 spiro atoms. The fourth-order valence-corrected chi connectivity index (χ4v) is 2.34. The highest BCUT2D eigenvalue weighted by Gasteiger charge is 2.05. The van der Waals surface area contributed by atoms with Gasteiger partial charge in [0.2, 0.25) is 0 Å². The minimum Gasteiger partial charge on any atom is -0.489 e. The lowest BCUT2D eigenvalue weighted by Crippen LogP contribution is -2.00. The van der Waals surface area contributed by atoms with Gasteiger partial charge in [-0.2, -0.15) is 0 Å². The van der Waals surface area contributed by atoms with Crippen LogP contribution in [0.1, 0.15) is 24.5 Å². The molecule has 2 aromatic rings. The van der Waals surface area contributed by atoms with Crippen molar-refractivity contribution >= 4 is 21.6 Å². The smallest absolute Gasteiger partial charge is 0.124 e. The second-order valence-corrected chi connectivity index (χ2v) is 5.30. The van der Waals surface area contributed by atoms with Crippen molar-refractivity contribution in [1.29, 1.82) is 0 Å². The lowest BCUT2D eigenvalue weighted by molar-refractivity contribution is 0.305. The van der Waals surface area contributed by atoms with E-state index in [0.717, 1.165) is 11.1 Å². The average molecular weight is 352 g/mol. The Morgan fingerprint density at radius 2 is 1.95 bits per heavy atom. The Morgan fingerprint density at radius 1 is 1.24 bits per heavy atom. The third kappa shape index (κ3) is 4.04. The van der Waals surface area contributed by atoms with E-state index in [4.69, 9.17) is 9.94 Å². The molecule has 0 bridgehead atoms. The van der Waals surface area contributed by atoms with Gasteiger partial charge in [-0.1, -0.05) is 34.1 Å². The maximum Gasteiger partial charge on any atom is 0.124 e. The fourth-order valence-electron chi connectivity index (χ4n) is 1.88. The lowest BCUT2D eigenvalue weighted by Gasteiger charge is -2.09. The van der Waals surface area contributed by atoms with Gasteiger partial charge in [-0.25, -0.2) is 4.39 Å². The second-order valence-electron chi connectivity index (χ2n) is 4.45. The van der Waals surface area contributed by atoms with Gasteiger partial charge in [0.25, 0.3) is 0 Å². The van der Waals surface area contributed by atoms with Crippen molar-refractivity contribution in [3.05, 3.63) is 63.9 Å². The first kappa shape index (κ1) is 15.5. The third-order valence-corrected chi connectivity index (χ3v) is 3.79. The van der Waals surface area contributed by atoms with Gasteiger partial charge >= 0.3 is 0 Å². The second kappa shape index (κ2) is 7.22. The van der Waals surface area contributed by atoms with Crippen molar-refractivity contribution in [1.82, 2.24) is 0 Å². The van der Waals surface area contributed by atoms with Crippen LogP contribution in [-0.2, 0) is 6.61 Å². The van der Waals surface area contributed by atoms with Gasteiger partial charge in [0, 0.05) is 10.0 Å². The molecule has 5 heteroatoms. The molecular formula is C16H15BrFNO2. The maximum absolute atomic E-state index is 13.0. The summed E-state index contributed by atoms with van der Waals surface area (Å²) in [7, 11) is 0. The minimum absolute atomic E-state index is 0.287. The molecule has 110 valence electrons. The predicted molar refractivity (Wildman–Crippen MR) is 83.5 cm³/mol. The van der Waals surface area contributed by atoms with Crippen LogP contribution < -0.4 is 4.74 Å². The van der Waals surface area contributed by atoms with Crippen LogP contribution in [0.15, 0.2) is 52.1 Å². The SMILES string of the molecule is CC/C(=N\O)c1ccc(OCc2ccc(F)cc2Br)cc1. The largest absolute Gasteiger partial charge is 0.489 e. The number of ether oxygens (including phenoxy) is 1. The molecule has 3 nitrogen and oxygen atoms in total. The van der Waals surface area contributed by atoms with E-state index in [1.54, 1.807) is 6.07 Å². The lowest BCUT2D eigenvalue weighted by atomic mass is 10.1. The van der Waals surface area contributed by atoms with Gasteiger partial charge in [-0.05, 0) is 48.4 Å². The Morgan fingerprint density at radius 3 is 2.52 bits per heavy atom. The number of halogens is 2. The van der Waals surface area contributed by atoms with Crippen LogP contribution in [0.4, 0.5) is 4.39 Å². The van der Waals surface area contributed by atoms with Gasteiger partial charge < -0.3 is 9.94 Å². The summed E-state index contributed by atoms with van der Waals surface area (Å²) in [6, 6.07) is 11.8. The highest BCUT2D eigenvalue weighted by Crippen LogP contribution is 2.21. The van der Waals surface area contributed by atoms with E-state index in [9.17, 15) is 4.39 Å². The normalized spacial score (nSPS) is 11.5. The van der Waals surface area contributed by atoms with E-state index in [1.165, 1.54) is 12.1 Å². The van der Waals surface area contributed by atoms with Gasteiger partial charge in [0.05, 0.1) is 5.71 Å². The summed E-state index contributed by atoms with van der Waals surface area (Å²) in [4.78, 5) is 0. The fraction of sp³-hybridized carbons (Fsp3) is 0.188. The van der Waals surface area contributed by atoms with Crippen molar-refractivity contribution in [2.24, 2.45) is 5.16 Å². The number of oxime groups is 1. The van der Waals surface area contributed by atoms with Crippen LogP contribution >= 0.6 is 15.9 Å². The van der Waals surface area contributed by atoms with Crippen LogP contribution in [0.25, 0.3) is 0 Å². The molecule has 0 amide bonds. The Balaban J connectivity index is 2.04. The molecule has 1 N–H and O–H groups in total. The summed E-state index contributed by atoms with van der Waals surface area (Å²) >= 11 is 3.31. The number of hydrogen-bond donors (Lipinski definition) is 1. The van der Waals surface area contributed by atoms with E-state index in [1.807, 2.05) is 31.2 Å². The average Bonchev–Trinajstić information content (AvgIpc) is 2.49. The van der Waals surface area contributed by atoms with E-state index < -0.39 is 0 Å². The Kier molecular flexibility index (Phi) is 5.33. The minimum atomic E-state index is -0.287. The zero-order valence-corrected chi connectivity index (χ0v) is 13.1. The summed E-state index contributed by atoms with van der Waals surface area (Å²) in [5.41, 5.74) is 2.35. The molecule has 0 fully saturated rings. The zero-order valence-electron chi connectivity index (χ0n) is 11.5. The monoisotopic (exact) mass is 351 g/mol. The first-order valence-electron chi connectivity index (χ1n) is 6.52. The number of benzene rings is 2. The van der Waals surface area contributed by atoms with Crippen LogP contribution in [0, 0.1) is 5.82 Å². The maximum atomic E-state index is 13.0. The Bertz CT molecular complexity index is 641. The molecule has 0 aromatic heterocycles. The zero-order chi connectivity index (χ0) is 15.2. The van der Waals surface area contributed by atoms with Crippen LogP contribution in [-0.4, -0.2) is 10.9 Å². The van der Waals surface area contributed by atoms with Crippen molar-refractivity contribution in [2.75, 3.05) is 0 Å². The third-order valence-electron chi connectivity index (χ3n) is 3.05. The summed E-state index contributed by atoms with van der Waals surface area (Å²) in [6.07, 6.45) is 0.652. The van der Waals surface area contributed by atoms with Crippen LogP contribution in [0.2, 0.25) is 0 Å². The standard InChI is InChI=1S/C16H15BrFNO2/c1-2-16(19-20)11-4-7-14(8-5-11)21-10-12-3-6-13(18)9-15(12)17/h3-9,20H,2,10H2,1H3/b19-16+.